The Balaban J connectivity index is 0.00000208. The highest BCUT2D eigenvalue weighted by molar-refractivity contribution is 5.85. The zero-order chi connectivity index (χ0) is 16.2. The van der Waals surface area contributed by atoms with E-state index in [0.717, 1.165) is 25.4 Å². The van der Waals surface area contributed by atoms with Gasteiger partial charge >= 0.3 is 0 Å². The number of aromatic nitrogens is 1. The summed E-state index contributed by atoms with van der Waals surface area (Å²) in [5.41, 5.74) is 3.63. The van der Waals surface area contributed by atoms with Crippen molar-refractivity contribution in [1.82, 2.24) is 15.2 Å². The first-order valence-electron chi connectivity index (χ1n) is 8.22. The van der Waals surface area contributed by atoms with Gasteiger partial charge < -0.3 is 10.1 Å². The van der Waals surface area contributed by atoms with E-state index in [9.17, 15) is 0 Å². The molecule has 0 saturated carbocycles. The van der Waals surface area contributed by atoms with E-state index in [4.69, 9.17) is 4.74 Å². The summed E-state index contributed by atoms with van der Waals surface area (Å²) in [6.45, 7) is 7.52. The molecular formula is C19H26ClN3O. The van der Waals surface area contributed by atoms with Crippen LogP contribution in [-0.4, -0.2) is 42.2 Å². The fourth-order valence-electron chi connectivity index (χ4n) is 3.16. The number of benzene rings is 1. The van der Waals surface area contributed by atoms with Crippen molar-refractivity contribution in [3.05, 3.63) is 48.3 Å². The van der Waals surface area contributed by atoms with Gasteiger partial charge in [-0.2, -0.15) is 0 Å². The first kappa shape index (κ1) is 18.7. The third kappa shape index (κ3) is 4.26. The summed E-state index contributed by atoms with van der Waals surface area (Å²) in [5.74, 6) is 0.959. The number of rotatable bonds is 4. The Morgan fingerprint density at radius 1 is 1.17 bits per heavy atom. The predicted molar refractivity (Wildman–Crippen MR) is 101 cm³/mol. The molecule has 24 heavy (non-hydrogen) atoms. The highest BCUT2D eigenvalue weighted by Gasteiger charge is 2.23. The summed E-state index contributed by atoms with van der Waals surface area (Å²) in [4.78, 5) is 6.62. The molecule has 3 rings (SSSR count). The second-order valence-electron chi connectivity index (χ2n) is 6.35. The van der Waals surface area contributed by atoms with Gasteiger partial charge in [0.05, 0.1) is 7.11 Å². The molecule has 1 aliphatic heterocycles. The molecule has 5 heteroatoms. The maximum Gasteiger partial charge on any atom is 0.123 e. The normalized spacial score (nSPS) is 21.1. The predicted octanol–water partition coefficient (Wildman–Crippen LogP) is 3.36. The average molecular weight is 348 g/mol. The molecule has 0 radical (unpaired) electrons. The maximum atomic E-state index is 5.59. The molecule has 2 atom stereocenters. The summed E-state index contributed by atoms with van der Waals surface area (Å²) in [6, 6.07) is 11.6. The largest absolute Gasteiger partial charge is 0.496 e. The van der Waals surface area contributed by atoms with Crippen molar-refractivity contribution >= 4 is 12.4 Å². The van der Waals surface area contributed by atoms with Crippen molar-refractivity contribution in [2.24, 2.45) is 0 Å². The SMILES string of the molecule is COc1ccc(-c2ccncc2)cc1CN1CC(C)NCC1C.Cl. The van der Waals surface area contributed by atoms with Gasteiger partial charge in [-0.05, 0) is 49.2 Å². The Morgan fingerprint density at radius 2 is 1.92 bits per heavy atom. The number of nitrogens with zero attached hydrogens (tertiary/aromatic N) is 2. The molecular weight excluding hydrogens is 322 g/mol. The van der Waals surface area contributed by atoms with Crippen LogP contribution in [0.25, 0.3) is 11.1 Å². The molecule has 0 spiro atoms. The van der Waals surface area contributed by atoms with Crippen molar-refractivity contribution < 1.29 is 4.74 Å². The number of pyridine rings is 1. The molecule has 0 aliphatic carbocycles. The highest BCUT2D eigenvalue weighted by Crippen LogP contribution is 2.28. The van der Waals surface area contributed by atoms with Gasteiger partial charge in [0.15, 0.2) is 0 Å². The van der Waals surface area contributed by atoms with Gasteiger partial charge in [-0.15, -0.1) is 12.4 Å². The Morgan fingerprint density at radius 3 is 2.62 bits per heavy atom. The molecule has 0 bridgehead atoms. The van der Waals surface area contributed by atoms with Crippen molar-refractivity contribution in [1.29, 1.82) is 0 Å². The molecule has 4 nitrogen and oxygen atoms in total. The smallest absolute Gasteiger partial charge is 0.123 e. The summed E-state index contributed by atoms with van der Waals surface area (Å²) >= 11 is 0. The lowest BCUT2D eigenvalue weighted by Crippen LogP contribution is -2.53. The molecule has 2 unspecified atom stereocenters. The minimum Gasteiger partial charge on any atom is -0.496 e. The van der Waals surface area contributed by atoms with E-state index in [1.807, 2.05) is 24.5 Å². The third-order valence-electron chi connectivity index (χ3n) is 4.56. The molecule has 2 heterocycles. The second kappa shape index (κ2) is 8.47. The fraction of sp³-hybridized carbons (Fsp3) is 0.421. The topological polar surface area (TPSA) is 37.4 Å². The number of hydrogen-bond acceptors (Lipinski definition) is 4. The van der Waals surface area contributed by atoms with Crippen LogP contribution in [0.2, 0.25) is 0 Å². The third-order valence-corrected chi connectivity index (χ3v) is 4.56. The van der Waals surface area contributed by atoms with Crippen LogP contribution in [0.3, 0.4) is 0 Å². The molecule has 130 valence electrons. The fourth-order valence-corrected chi connectivity index (χ4v) is 3.16. The molecule has 1 aromatic carbocycles. The van der Waals surface area contributed by atoms with Gasteiger partial charge in [-0.25, -0.2) is 0 Å². The number of halogens is 1. The van der Waals surface area contributed by atoms with Gasteiger partial charge in [0.25, 0.3) is 0 Å². The molecule has 1 saturated heterocycles. The highest BCUT2D eigenvalue weighted by atomic mass is 35.5. The van der Waals surface area contributed by atoms with E-state index < -0.39 is 0 Å². The molecule has 1 aromatic heterocycles. The average Bonchev–Trinajstić information content (AvgIpc) is 2.59. The van der Waals surface area contributed by atoms with Gasteiger partial charge in [0.2, 0.25) is 0 Å². The van der Waals surface area contributed by atoms with E-state index in [1.54, 1.807) is 7.11 Å². The first-order valence-corrected chi connectivity index (χ1v) is 8.22. The van der Waals surface area contributed by atoms with E-state index >= 15 is 0 Å². The standard InChI is InChI=1S/C19H25N3O.ClH/c1-14-12-22(15(2)11-21-14)13-18-10-17(4-5-19(18)23-3)16-6-8-20-9-7-16;/h4-10,14-15,21H,11-13H2,1-3H3;1H. The first-order chi connectivity index (χ1) is 11.2. The van der Waals surface area contributed by atoms with Crippen LogP contribution in [0.15, 0.2) is 42.7 Å². The second-order valence-corrected chi connectivity index (χ2v) is 6.35. The van der Waals surface area contributed by atoms with Crippen LogP contribution in [0, 0.1) is 0 Å². The van der Waals surface area contributed by atoms with Crippen LogP contribution < -0.4 is 10.1 Å². The Kier molecular flexibility index (Phi) is 6.60. The van der Waals surface area contributed by atoms with Crippen LogP contribution in [0.5, 0.6) is 5.75 Å². The van der Waals surface area contributed by atoms with E-state index in [2.05, 4.69) is 47.2 Å². The molecule has 1 fully saturated rings. The molecule has 1 aliphatic rings. The van der Waals surface area contributed by atoms with Crippen molar-refractivity contribution in [2.75, 3.05) is 20.2 Å². The molecule has 2 aromatic rings. The summed E-state index contributed by atoms with van der Waals surface area (Å²) in [5, 5.41) is 3.53. The Bertz CT molecular complexity index is 650. The molecule has 1 N–H and O–H groups in total. The van der Waals surface area contributed by atoms with Crippen LogP contribution >= 0.6 is 12.4 Å². The summed E-state index contributed by atoms with van der Waals surface area (Å²) in [6.07, 6.45) is 3.67. The summed E-state index contributed by atoms with van der Waals surface area (Å²) in [7, 11) is 1.74. The molecule has 0 amide bonds. The Labute approximate surface area is 150 Å². The van der Waals surface area contributed by atoms with Crippen molar-refractivity contribution in [3.8, 4) is 16.9 Å². The van der Waals surface area contributed by atoms with Gasteiger partial charge in [-0.3, -0.25) is 9.88 Å². The lowest BCUT2D eigenvalue weighted by molar-refractivity contribution is 0.137. The number of nitrogens with one attached hydrogen (secondary N) is 1. The van der Waals surface area contributed by atoms with Crippen LogP contribution in [-0.2, 0) is 6.54 Å². The van der Waals surface area contributed by atoms with E-state index in [0.29, 0.717) is 12.1 Å². The van der Waals surface area contributed by atoms with Gasteiger partial charge in [0, 0.05) is 49.7 Å². The maximum absolute atomic E-state index is 5.59. The minimum atomic E-state index is 0. The quantitative estimate of drug-likeness (QED) is 0.920. The van der Waals surface area contributed by atoms with E-state index in [-0.39, 0.29) is 12.4 Å². The number of hydrogen-bond donors (Lipinski definition) is 1. The number of piperazine rings is 1. The van der Waals surface area contributed by atoms with Crippen molar-refractivity contribution in [3.63, 3.8) is 0 Å². The zero-order valence-electron chi connectivity index (χ0n) is 14.5. The monoisotopic (exact) mass is 347 g/mol. The van der Waals surface area contributed by atoms with Crippen molar-refractivity contribution in [2.45, 2.75) is 32.5 Å². The van der Waals surface area contributed by atoms with Crippen LogP contribution in [0.4, 0.5) is 0 Å². The minimum absolute atomic E-state index is 0. The lowest BCUT2D eigenvalue weighted by atomic mass is 10.0. The van der Waals surface area contributed by atoms with E-state index in [1.165, 1.54) is 16.7 Å². The Hall–Kier alpha value is -1.62. The van der Waals surface area contributed by atoms with Gasteiger partial charge in [0.1, 0.15) is 5.75 Å². The van der Waals surface area contributed by atoms with Crippen LogP contribution in [0.1, 0.15) is 19.4 Å². The number of ether oxygens (including phenoxy) is 1. The zero-order valence-corrected chi connectivity index (χ0v) is 15.3. The summed E-state index contributed by atoms with van der Waals surface area (Å²) < 4.78 is 5.59. The number of methoxy groups -OCH3 is 1. The van der Waals surface area contributed by atoms with Gasteiger partial charge in [-0.1, -0.05) is 6.07 Å². The lowest BCUT2D eigenvalue weighted by Gasteiger charge is -2.37.